The summed E-state index contributed by atoms with van der Waals surface area (Å²) in [5, 5.41) is 20.5. The third kappa shape index (κ3) is 10.6. The number of alkyl carbamates (subject to hydrolysis) is 1. The molecule has 72 heavy (non-hydrogen) atoms. The molecule has 4 saturated carbocycles. The second kappa shape index (κ2) is 20.6. The molecule has 0 saturated heterocycles. The van der Waals surface area contributed by atoms with Crippen LogP contribution in [0.25, 0.3) is 11.1 Å². The fourth-order valence-electron chi connectivity index (χ4n) is 14.8. The number of phenolic OH excluding ortho intramolecular Hbond substituents is 1. The van der Waals surface area contributed by atoms with Gasteiger partial charge in [-0.2, -0.15) is 0 Å². The molecule has 0 aromatic heterocycles. The summed E-state index contributed by atoms with van der Waals surface area (Å²) < 4.78 is 13.6. The highest BCUT2D eigenvalue weighted by atomic mass is 79.9. The molecule has 5 aliphatic carbocycles. The molecule has 2 amide bonds. The lowest BCUT2D eigenvalue weighted by molar-refractivity contribution is -0.136. The smallest absolute Gasteiger partial charge is 0.407 e. The fraction of sp³-hybridized carbons (Fsp3) is 0.533. The van der Waals surface area contributed by atoms with E-state index in [-0.39, 0.29) is 75.5 Å². The second-order valence-electron chi connectivity index (χ2n) is 24.2. The lowest BCUT2D eigenvalue weighted by Gasteiger charge is -2.61. The van der Waals surface area contributed by atoms with Crippen LogP contribution in [0.15, 0.2) is 81.7 Å². The van der Waals surface area contributed by atoms with Crippen molar-refractivity contribution in [3.05, 3.63) is 104 Å². The lowest BCUT2D eigenvalue weighted by atomic mass is 9.44. The normalized spacial score (nSPS) is 28.4. The van der Waals surface area contributed by atoms with Crippen LogP contribution in [0.2, 0.25) is 0 Å². The molecule has 8 unspecified atom stereocenters. The number of carbonyl (C=O) groups is 4. The first-order valence-corrected chi connectivity index (χ1v) is 28.0. The van der Waals surface area contributed by atoms with E-state index in [0.717, 1.165) is 60.5 Å². The fourth-order valence-corrected chi connectivity index (χ4v) is 16.2. The first kappa shape index (κ1) is 52.2. The van der Waals surface area contributed by atoms with Gasteiger partial charge < -0.3 is 30.5 Å². The van der Waals surface area contributed by atoms with Gasteiger partial charge in [-0.15, -0.1) is 0 Å². The van der Waals surface area contributed by atoms with Crippen LogP contribution < -0.4 is 20.7 Å². The molecule has 9 rings (SSSR count). The highest BCUT2D eigenvalue weighted by molar-refractivity contribution is 9.11. The number of carbonyl (C=O) groups excluding carboxylic acids is 4. The number of rotatable bonds is 13. The van der Waals surface area contributed by atoms with Crippen LogP contribution in [0.1, 0.15) is 157 Å². The zero-order valence-corrected chi connectivity index (χ0v) is 46.3. The van der Waals surface area contributed by atoms with E-state index in [1.165, 1.54) is 51.0 Å². The Morgan fingerprint density at radius 1 is 0.819 bits per heavy atom. The van der Waals surface area contributed by atoms with Crippen molar-refractivity contribution in [1.82, 2.24) is 10.6 Å². The zero-order chi connectivity index (χ0) is 51.3. The Balaban J connectivity index is 0.745. The number of halogens is 2. The second-order valence-corrected chi connectivity index (χ2v) is 25.9. The minimum absolute atomic E-state index is 0.00502. The van der Waals surface area contributed by atoms with Crippen LogP contribution in [0.4, 0.5) is 16.2 Å². The zero-order valence-electron chi connectivity index (χ0n) is 43.2. The quantitative estimate of drug-likeness (QED) is 0.0854. The van der Waals surface area contributed by atoms with Gasteiger partial charge in [-0.05, 0) is 189 Å². The molecule has 0 spiro atoms. The maximum atomic E-state index is 13.7. The predicted molar refractivity (Wildman–Crippen MR) is 291 cm³/mol. The standard InChI is InChI=1S/C60H73Br2N3O7/c1-35(2)37-15-19-44-38(27-37)16-22-49-59(6,24-10-25-60(44,49)7)34-72-56(70)63-33-58(5)31-40(30-57(3,4)32-58)64-50(67)23-26-71-41-17-13-36(14-18-41)39-28-45(61)53(46(62)29-39)65-47-20-21-48(66)52-51(47)54(68)42-11-8-9-12-43(42)55(52)69/h8-9,11-14,17-18,20-21,28-29,35,37-38,40,44,49,65-66H,10,15-16,19,22-27,30-34H2,1-7H3,(H,63,70)(H,64,67). The molecule has 4 aromatic carbocycles. The van der Waals surface area contributed by atoms with Crippen LogP contribution in [0, 0.1) is 51.2 Å². The van der Waals surface area contributed by atoms with E-state index in [2.05, 4.69) is 96.3 Å². The maximum absolute atomic E-state index is 13.7. The average Bonchev–Trinajstić information content (AvgIpc) is 3.32. The molecule has 384 valence electrons. The average molecular weight is 1110 g/mol. The van der Waals surface area contributed by atoms with E-state index < -0.39 is 5.78 Å². The molecular formula is C60H73Br2N3O7. The molecular weight excluding hydrogens is 1030 g/mol. The van der Waals surface area contributed by atoms with Crippen LogP contribution in [-0.4, -0.2) is 54.5 Å². The maximum Gasteiger partial charge on any atom is 0.407 e. The van der Waals surface area contributed by atoms with E-state index in [0.29, 0.717) is 56.1 Å². The topological polar surface area (TPSA) is 143 Å². The number of benzene rings is 4. The van der Waals surface area contributed by atoms with Gasteiger partial charge in [0.25, 0.3) is 0 Å². The summed E-state index contributed by atoms with van der Waals surface area (Å²) in [5.74, 6) is 3.46. The Hall–Kier alpha value is -4.68. The predicted octanol–water partition coefficient (Wildman–Crippen LogP) is 14.6. The Morgan fingerprint density at radius 3 is 2.21 bits per heavy atom. The third-order valence-electron chi connectivity index (χ3n) is 17.9. The van der Waals surface area contributed by atoms with Crippen LogP contribution in [-0.2, 0) is 9.53 Å². The molecule has 12 heteroatoms. The van der Waals surface area contributed by atoms with Crippen molar-refractivity contribution in [2.45, 2.75) is 132 Å². The van der Waals surface area contributed by atoms with Crippen LogP contribution in [0.3, 0.4) is 0 Å². The molecule has 4 fully saturated rings. The van der Waals surface area contributed by atoms with Gasteiger partial charge in [0.2, 0.25) is 5.91 Å². The van der Waals surface area contributed by atoms with E-state index >= 15 is 0 Å². The lowest BCUT2D eigenvalue weighted by Crippen LogP contribution is -2.55. The molecule has 8 atom stereocenters. The van der Waals surface area contributed by atoms with Crippen molar-refractivity contribution < 1.29 is 33.8 Å². The third-order valence-corrected chi connectivity index (χ3v) is 19.1. The van der Waals surface area contributed by atoms with Gasteiger partial charge in [0.05, 0.1) is 42.1 Å². The highest BCUT2D eigenvalue weighted by Gasteiger charge is 2.57. The SMILES string of the molecule is CC(C)C1CCC2C(CCC3C(C)(COC(=O)NCC4(C)CC(NC(=O)CCOc5ccc(-c6cc(Br)c(Nc7ccc(O)c8c7C(=O)c7ccccc7C8=O)c(Br)c6)cc5)CC(C)(C)C4)CCCC23C)C1. The Morgan fingerprint density at radius 2 is 1.51 bits per heavy atom. The van der Waals surface area contributed by atoms with Crippen molar-refractivity contribution in [2.24, 2.45) is 51.2 Å². The van der Waals surface area contributed by atoms with Gasteiger partial charge in [0.1, 0.15) is 11.5 Å². The number of amides is 2. The summed E-state index contributed by atoms with van der Waals surface area (Å²) in [4.78, 5) is 53.9. The number of ether oxygens (including phenoxy) is 2. The minimum atomic E-state index is -0.399. The van der Waals surface area contributed by atoms with E-state index in [9.17, 15) is 24.3 Å². The van der Waals surface area contributed by atoms with Crippen LogP contribution in [0.5, 0.6) is 11.5 Å². The molecule has 4 aromatic rings. The summed E-state index contributed by atoms with van der Waals surface area (Å²) in [6.07, 6.45) is 12.8. The Kier molecular flexibility index (Phi) is 14.9. The number of anilines is 2. The number of aromatic hydroxyl groups is 1. The molecule has 4 N–H and O–H groups in total. The number of hydrogen-bond acceptors (Lipinski definition) is 8. The molecule has 10 nitrogen and oxygen atoms in total. The monoisotopic (exact) mass is 1110 g/mol. The van der Waals surface area contributed by atoms with E-state index in [4.69, 9.17) is 9.47 Å². The highest BCUT2D eigenvalue weighted by Crippen LogP contribution is 2.64. The number of fused-ring (bicyclic) bond motifs is 5. The van der Waals surface area contributed by atoms with Crippen LogP contribution >= 0.6 is 31.9 Å². The van der Waals surface area contributed by atoms with Crippen molar-refractivity contribution in [3.63, 3.8) is 0 Å². The molecule has 0 bridgehead atoms. The van der Waals surface area contributed by atoms with Crippen molar-refractivity contribution in [1.29, 1.82) is 0 Å². The van der Waals surface area contributed by atoms with Gasteiger partial charge in [-0.1, -0.05) is 91.3 Å². The van der Waals surface area contributed by atoms with E-state index in [1.807, 2.05) is 36.4 Å². The first-order chi connectivity index (χ1) is 34.2. The largest absolute Gasteiger partial charge is 0.507 e. The number of nitrogens with one attached hydrogen (secondary N) is 3. The number of phenols is 1. The summed E-state index contributed by atoms with van der Waals surface area (Å²) in [7, 11) is 0. The summed E-state index contributed by atoms with van der Waals surface area (Å²) in [5.41, 5.74) is 3.65. The summed E-state index contributed by atoms with van der Waals surface area (Å²) >= 11 is 7.40. The minimum Gasteiger partial charge on any atom is -0.507 e. The van der Waals surface area contributed by atoms with E-state index in [1.54, 1.807) is 30.3 Å². The van der Waals surface area contributed by atoms with Gasteiger partial charge >= 0.3 is 6.09 Å². The van der Waals surface area contributed by atoms with Crippen molar-refractivity contribution in [3.8, 4) is 22.6 Å². The summed E-state index contributed by atoms with van der Waals surface area (Å²) in [6, 6.07) is 21.2. The molecule has 5 aliphatic rings. The number of hydrogen-bond donors (Lipinski definition) is 4. The van der Waals surface area contributed by atoms with Gasteiger partial charge in [0, 0.05) is 38.1 Å². The van der Waals surface area contributed by atoms with Gasteiger partial charge in [-0.25, -0.2) is 4.79 Å². The van der Waals surface area contributed by atoms with Crippen molar-refractivity contribution in [2.75, 3.05) is 25.1 Å². The van der Waals surface area contributed by atoms with Crippen molar-refractivity contribution >= 4 is 66.8 Å². The molecule has 0 radical (unpaired) electrons. The first-order valence-electron chi connectivity index (χ1n) is 26.4. The van der Waals surface area contributed by atoms with Gasteiger partial charge in [0.15, 0.2) is 11.6 Å². The Bertz CT molecular complexity index is 2720. The van der Waals surface area contributed by atoms with Gasteiger partial charge in [-0.3, -0.25) is 14.4 Å². The Labute approximate surface area is 443 Å². The molecule has 0 heterocycles. The number of ketones is 2. The summed E-state index contributed by atoms with van der Waals surface area (Å²) in [6.45, 7) is 17.7. The molecule has 0 aliphatic heterocycles.